The van der Waals surface area contributed by atoms with Crippen LogP contribution in [0.15, 0.2) is 54.6 Å². The van der Waals surface area contributed by atoms with Gasteiger partial charge in [-0.15, -0.1) is 0 Å². The number of nitrogens with zero attached hydrogens (tertiary/aromatic N) is 3. The Bertz CT molecular complexity index is 1100. The highest BCUT2D eigenvalue weighted by Gasteiger charge is 2.24. The number of hydrogen-bond acceptors (Lipinski definition) is 4. The molecule has 1 aliphatic heterocycles. The van der Waals surface area contributed by atoms with Gasteiger partial charge in [-0.1, -0.05) is 83.0 Å². The largest absolute Gasteiger partial charge is 0.496 e. The van der Waals surface area contributed by atoms with E-state index in [1.54, 1.807) is 7.11 Å². The molecule has 0 N–H and O–H groups in total. The van der Waals surface area contributed by atoms with Crippen LogP contribution in [-0.4, -0.2) is 79.4 Å². The maximum absolute atomic E-state index is 13.2. The van der Waals surface area contributed by atoms with Crippen LogP contribution < -0.4 is 4.74 Å². The zero-order valence-electron chi connectivity index (χ0n) is 25.3. The Balaban J connectivity index is 1.52. The van der Waals surface area contributed by atoms with Gasteiger partial charge in [0.1, 0.15) is 5.75 Å². The first kappa shape index (κ1) is 31.4. The first-order valence-corrected chi connectivity index (χ1v) is 14.9. The molecule has 0 bridgehead atoms. The van der Waals surface area contributed by atoms with Crippen LogP contribution in [0.4, 0.5) is 0 Å². The summed E-state index contributed by atoms with van der Waals surface area (Å²) in [6, 6.07) is 16.1. The van der Waals surface area contributed by atoms with Gasteiger partial charge in [0.25, 0.3) is 5.91 Å². The average molecular weight is 548 g/mol. The molecule has 2 aromatic carbocycles. The SMILES string of the molecule is CCCCCc1ccc(C(=O)N2CCN(CCN(C/C=C/c3ccccc3OC)C(=O)CC(C)(C)C)CC2)cc1. The lowest BCUT2D eigenvalue weighted by Gasteiger charge is -2.36. The molecule has 1 saturated heterocycles. The molecule has 3 rings (SSSR count). The molecule has 0 spiro atoms. The Morgan fingerprint density at radius 1 is 0.975 bits per heavy atom. The summed E-state index contributed by atoms with van der Waals surface area (Å²) >= 11 is 0. The molecule has 6 heteroatoms. The zero-order chi connectivity index (χ0) is 29.0. The topological polar surface area (TPSA) is 53.1 Å². The Morgan fingerprint density at radius 3 is 2.33 bits per heavy atom. The van der Waals surface area contributed by atoms with E-state index in [-0.39, 0.29) is 17.2 Å². The molecule has 1 aliphatic rings. The third kappa shape index (κ3) is 10.1. The molecule has 0 aliphatic carbocycles. The first-order valence-electron chi connectivity index (χ1n) is 14.9. The fourth-order valence-electron chi connectivity index (χ4n) is 5.01. The van der Waals surface area contributed by atoms with Crippen LogP contribution in [0.5, 0.6) is 5.75 Å². The number of hydrogen-bond donors (Lipinski definition) is 0. The molecule has 0 radical (unpaired) electrons. The summed E-state index contributed by atoms with van der Waals surface area (Å²) < 4.78 is 5.45. The molecular formula is C34H49N3O3. The number of methoxy groups -OCH3 is 1. The predicted octanol–water partition coefficient (Wildman–Crippen LogP) is 6.16. The molecule has 0 unspecified atom stereocenters. The second kappa shape index (κ2) is 15.6. The normalized spacial score (nSPS) is 14.5. The van der Waals surface area contributed by atoms with E-state index in [1.165, 1.54) is 24.8 Å². The molecule has 0 atom stereocenters. The van der Waals surface area contributed by atoms with Crippen LogP contribution in [0.1, 0.15) is 74.9 Å². The van der Waals surface area contributed by atoms with E-state index < -0.39 is 0 Å². The molecule has 1 heterocycles. The number of piperazine rings is 1. The number of carbonyl (C=O) groups excluding carboxylic acids is 2. The van der Waals surface area contributed by atoms with Gasteiger partial charge in [-0.05, 0) is 42.0 Å². The molecular weight excluding hydrogens is 498 g/mol. The van der Waals surface area contributed by atoms with Crippen molar-refractivity contribution < 1.29 is 14.3 Å². The number of carbonyl (C=O) groups is 2. The highest BCUT2D eigenvalue weighted by atomic mass is 16.5. The Labute approximate surface area is 242 Å². The Kier molecular flexibility index (Phi) is 12.3. The first-order chi connectivity index (χ1) is 19.2. The van der Waals surface area contributed by atoms with E-state index in [0.717, 1.165) is 42.9 Å². The summed E-state index contributed by atoms with van der Waals surface area (Å²) in [6.07, 6.45) is 9.31. The maximum atomic E-state index is 13.2. The van der Waals surface area contributed by atoms with Crippen LogP contribution in [0.3, 0.4) is 0 Å². The van der Waals surface area contributed by atoms with Crippen LogP contribution >= 0.6 is 0 Å². The minimum Gasteiger partial charge on any atom is -0.496 e. The second-order valence-electron chi connectivity index (χ2n) is 12.0. The van der Waals surface area contributed by atoms with Crippen molar-refractivity contribution in [1.82, 2.24) is 14.7 Å². The fourth-order valence-corrected chi connectivity index (χ4v) is 5.01. The van der Waals surface area contributed by atoms with Gasteiger partial charge in [0.05, 0.1) is 7.11 Å². The molecule has 0 saturated carbocycles. The number of amides is 2. The van der Waals surface area contributed by atoms with E-state index in [9.17, 15) is 9.59 Å². The number of aryl methyl sites for hydroxylation is 1. The smallest absolute Gasteiger partial charge is 0.253 e. The lowest BCUT2D eigenvalue weighted by atomic mass is 9.91. The van der Waals surface area contributed by atoms with Crippen LogP contribution in [-0.2, 0) is 11.2 Å². The van der Waals surface area contributed by atoms with Crippen molar-refractivity contribution >= 4 is 17.9 Å². The van der Waals surface area contributed by atoms with Crippen molar-refractivity contribution in [1.29, 1.82) is 0 Å². The lowest BCUT2D eigenvalue weighted by Crippen LogP contribution is -2.50. The summed E-state index contributed by atoms with van der Waals surface area (Å²) in [6.45, 7) is 13.6. The highest BCUT2D eigenvalue weighted by molar-refractivity contribution is 5.94. The quantitative estimate of drug-likeness (QED) is 0.282. The van der Waals surface area contributed by atoms with E-state index in [1.807, 2.05) is 58.4 Å². The zero-order valence-corrected chi connectivity index (χ0v) is 25.3. The third-order valence-electron chi connectivity index (χ3n) is 7.41. The highest BCUT2D eigenvalue weighted by Crippen LogP contribution is 2.21. The van der Waals surface area contributed by atoms with Crippen LogP contribution in [0, 0.1) is 5.41 Å². The third-order valence-corrected chi connectivity index (χ3v) is 7.41. The van der Waals surface area contributed by atoms with Crippen molar-refractivity contribution in [3.05, 3.63) is 71.3 Å². The van der Waals surface area contributed by atoms with E-state index in [0.29, 0.717) is 32.6 Å². The van der Waals surface area contributed by atoms with Crippen molar-refractivity contribution in [2.24, 2.45) is 5.41 Å². The van der Waals surface area contributed by atoms with Gasteiger partial charge in [0.15, 0.2) is 0 Å². The van der Waals surface area contributed by atoms with Crippen molar-refractivity contribution in [3.63, 3.8) is 0 Å². The summed E-state index contributed by atoms with van der Waals surface area (Å²) in [5, 5.41) is 0. The van der Waals surface area contributed by atoms with Gasteiger partial charge in [-0.3, -0.25) is 14.5 Å². The van der Waals surface area contributed by atoms with Gasteiger partial charge in [0.2, 0.25) is 5.91 Å². The molecule has 40 heavy (non-hydrogen) atoms. The van der Waals surface area contributed by atoms with E-state index in [2.05, 4.69) is 44.7 Å². The van der Waals surface area contributed by atoms with Gasteiger partial charge in [-0.2, -0.15) is 0 Å². The minimum atomic E-state index is -0.0681. The van der Waals surface area contributed by atoms with Gasteiger partial charge in [-0.25, -0.2) is 0 Å². The number of para-hydroxylation sites is 1. The number of rotatable bonds is 13. The molecule has 0 aromatic heterocycles. The van der Waals surface area contributed by atoms with Gasteiger partial charge < -0.3 is 14.5 Å². The Hall–Kier alpha value is -3.12. The Morgan fingerprint density at radius 2 is 1.68 bits per heavy atom. The monoisotopic (exact) mass is 547 g/mol. The molecule has 1 fully saturated rings. The molecule has 2 aromatic rings. The van der Waals surface area contributed by atoms with Crippen molar-refractivity contribution in [3.8, 4) is 5.75 Å². The van der Waals surface area contributed by atoms with Gasteiger partial charge >= 0.3 is 0 Å². The number of benzene rings is 2. The predicted molar refractivity (Wildman–Crippen MR) is 165 cm³/mol. The number of unbranched alkanes of at least 4 members (excludes halogenated alkanes) is 2. The van der Waals surface area contributed by atoms with Crippen molar-refractivity contribution in [2.75, 3.05) is 52.9 Å². The standard InChI is InChI=1S/C34H49N3O3/c1-6-7-8-12-28-16-18-30(19-17-28)33(39)37-25-22-35(23-26-37)21-24-36(32(38)27-34(2,3)4)20-11-14-29-13-9-10-15-31(29)40-5/h9-11,13-19H,6-8,12,20-27H2,1-5H3/b14-11+. The van der Waals surface area contributed by atoms with Crippen LogP contribution in [0.25, 0.3) is 6.08 Å². The second-order valence-corrected chi connectivity index (χ2v) is 12.0. The van der Waals surface area contributed by atoms with Crippen molar-refractivity contribution in [2.45, 2.75) is 59.8 Å². The van der Waals surface area contributed by atoms with E-state index in [4.69, 9.17) is 4.74 Å². The fraction of sp³-hybridized carbons (Fsp3) is 0.529. The minimum absolute atomic E-state index is 0.0681. The van der Waals surface area contributed by atoms with Crippen LogP contribution in [0.2, 0.25) is 0 Å². The van der Waals surface area contributed by atoms with E-state index >= 15 is 0 Å². The molecule has 218 valence electrons. The lowest BCUT2D eigenvalue weighted by molar-refractivity contribution is -0.132. The molecule has 2 amide bonds. The average Bonchev–Trinajstić information content (AvgIpc) is 2.94. The molecule has 6 nitrogen and oxygen atoms in total. The summed E-state index contributed by atoms with van der Waals surface area (Å²) in [4.78, 5) is 32.6. The van der Waals surface area contributed by atoms with Gasteiger partial charge in [0, 0.05) is 63.4 Å². The summed E-state index contributed by atoms with van der Waals surface area (Å²) in [5.41, 5.74) is 3.01. The summed E-state index contributed by atoms with van der Waals surface area (Å²) in [7, 11) is 1.67. The number of ether oxygens (including phenoxy) is 1. The maximum Gasteiger partial charge on any atom is 0.253 e. The summed E-state index contributed by atoms with van der Waals surface area (Å²) in [5.74, 6) is 1.11.